The molecule has 3 nitrogen and oxygen atoms in total. The molecular weight excluding hydrogens is 262 g/mol. The Hall–Kier alpha value is -1.49. The summed E-state index contributed by atoms with van der Waals surface area (Å²) in [7, 11) is 0. The van der Waals surface area contributed by atoms with Crippen molar-refractivity contribution in [2.75, 3.05) is 13.1 Å². The van der Waals surface area contributed by atoms with Crippen molar-refractivity contribution in [2.45, 2.75) is 39.8 Å². The summed E-state index contributed by atoms with van der Waals surface area (Å²) in [5.41, 5.74) is 0.586. The molecule has 0 aliphatic rings. The summed E-state index contributed by atoms with van der Waals surface area (Å²) in [6.07, 6.45) is 0.947. The summed E-state index contributed by atoms with van der Waals surface area (Å²) in [6.45, 7) is 6.99. The van der Waals surface area contributed by atoms with Crippen LogP contribution in [0.3, 0.4) is 0 Å². The Morgan fingerprint density at radius 2 is 2.00 bits per heavy atom. The summed E-state index contributed by atoms with van der Waals surface area (Å²) in [5, 5.41) is 3.13. The minimum Gasteiger partial charge on any atom is -0.338 e. The van der Waals surface area contributed by atoms with Gasteiger partial charge in [-0.3, -0.25) is 4.79 Å². The minimum absolute atomic E-state index is 0.0440. The van der Waals surface area contributed by atoms with Crippen molar-refractivity contribution in [3.05, 3.63) is 35.4 Å². The van der Waals surface area contributed by atoms with E-state index < -0.39 is 11.6 Å². The van der Waals surface area contributed by atoms with Crippen LogP contribution in [0, 0.1) is 11.6 Å². The Labute approximate surface area is 119 Å². The molecule has 1 rings (SSSR count). The third-order valence-electron chi connectivity index (χ3n) is 3.31. The maximum Gasteiger partial charge on any atom is 0.236 e. The number of rotatable bonds is 7. The average Bonchev–Trinajstić information content (AvgIpc) is 2.45. The van der Waals surface area contributed by atoms with Crippen molar-refractivity contribution >= 4 is 5.91 Å². The molecular formula is C15H22F2N2O. The van der Waals surface area contributed by atoms with Gasteiger partial charge in [-0.15, -0.1) is 0 Å². The Kier molecular flexibility index (Phi) is 6.58. The molecule has 1 unspecified atom stereocenters. The van der Waals surface area contributed by atoms with Gasteiger partial charge in [0, 0.05) is 19.1 Å². The fourth-order valence-electron chi connectivity index (χ4n) is 1.75. The van der Waals surface area contributed by atoms with Crippen LogP contribution in [0.1, 0.15) is 32.8 Å². The normalized spacial score (nSPS) is 12.2. The van der Waals surface area contributed by atoms with Gasteiger partial charge in [-0.25, -0.2) is 8.78 Å². The zero-order chi connectivity index (χ0) is 15.1. The molecule has 0 saturated carbocycles. The van der Waals surface area contributed by atoms with Crippen LogP contribution in [0.2, 0.25) is 0 Å². The lowest BCUT2D eigenvalue weighted by Crippen LogP contribution is -2.40. The number of carbonyl (C=O) groups is 1. The Morgan fingerprint density at radius 1 is 1.30 bits per heavy atom. The van der Waals surface area contributed by atoms with Gasteiger partial charge in [-0.1, -0.05) is 13.0 Å². The molecule has 5 heteroatoms. The van der Waals surface area contributed by atoms with Crippen LogP contribution in [0.4, 0.5) is 8.78 Å². The zero-order valence-corrected chi connectivity index (χ0v) is 12.2. The van der Waals surface area contributed by atoms with Crippen LogP contribution in [0.5, 0.6) is 0 Å². The standard InChI is InChI=1S/C15H22F2N2O/c1-4-11(3)18-9-15(20)19(5-2)10-12-6-7-13(16)14(17)8-12/h6-8,11,18H,4-5,9-10H2,1-3H3. The Morgan fingerprint density at radius 3 is 2.55 bits per heavy atom. The summed E-state index contributed by atoms with van der Waals surface area (Å²) < 4.78 is 26.0. The van der Waals surface area contributed by atoms with E-state index in [9.17, 15) is 13.6 Å². The maximum atomic E-state index is 13.1. The first-order valence-electron chi connectivity index (χ1n) is 6.93. The maximum absolute atomic E-state index is 13.1. The third kappa shape index (κ3) is 4.89. The van der Waals surface area contributed by atoms with Gasteiger partial charge in [0.05, 0.1) is 6.54 Å². The lowest BCUT2D eigenvalue weighted by molar-refractivity contribution is -0.130. The first kappa shape index (κ1) is 16.6. The molecule has 0 radical (unpaired) electrons. The highest BCUT2D eigenvalue weighted by molar-refractivity contribution is 5.78. The molecule has 0 aromatic heterocycles. The summed E-state index contributed by atoms with van der Waals surface area (Å²) >= 11 is 0. The van der Waals surface area contributed by atoms with Crippen LogP contribution >= 0.6 is 0 Å². The van der Waals surface area contributed by atoms with Crippen molar-refractivity contribution in [2.24, 2.45) is 0 Å². The quantitative estimate of drug-likeness (QED) is 0.835. The molecule has 0 fully saturated rings. The second-order valence-electron chi connectivity index (χ2n) is 4.85. The smallest absolute Gasteiger partial charge is 0.236 e. The van der Waals surface area contributed by atoms with E-state index in [1.165, 1.54) is 6.07 Å². The highest BCUT2D eigenvalue weighted by atomic mass is 19.2. The van der Waals surface area contributed by atoms with Crippen LogP contribution in [-0.4, -0.2) is 29.9 Å². The largest absolute Gasteiger partial charge is 0.338 e. The van der Waals surface area contributed by atoms with Crippen molar-refractivity contribution in [3.8, 4) is 0 Å². The number of hydrogen-bond acceptors (Lipinski definition) is 2. The average molecular weight is 284 g/mol. The second-order valence-corrected chi connectivity index (χ2v) is 4.85. The summed E-state index contributed by atoms with van der Waals surface area (Å²) in [5.74, 6) is -1.80. The molecule has 20 heavy (non-hydrogen) atoms. The Bertz CT molecular complexity index is 451. The number of nitrogens with zero attached hydrogens (tertiary/aromatic N) is 1. The van der Waals surface area contributed by atoms with E-state index in [4.69, 9.17) is 0 Å². The van der Waals surface area contributed by atoms with Gasteiger partial charge >= 0.3 is 0 Å². The summed E-state index contributed by atoms with van der Waals surface area (Å²) in [6, 6.07) is 3.99. The molecule has 0 heterocycles. The fraction of sp³-hybridized carbons (Fsp3) is 0.533. The number of benzene rings is 1. The predicted molar refractivity (Wildman–Crippen MR) is 75.2 cm³/mol. The first-order valence-corrected chi connectivity index (χ1v) is 6.93. The fourth-order valence-corrected chi connectivity index (χ4v) is 1.75. The van der Waals surface area contributed by atoms with E-state index in [0.717, 1.165) is 18.6 Å². The van der Waals surface area contributed by atoms with E-state index >= 15 is 0 Å². The Balaban J connectivity index is 2.61. The topological polar surface area (TPSA) is 32.3 Å². The number of likely N-dealkylation sites (N-methyl/N-ethyl adjacent to an activating group) is 1. The predicted octanol–water partition coefficient (Wildman–Crippen LogP) is 2.70. The molecule has 0 spiro atoms. The van der Waals surface area contributed by atoms with Gasteiger partial charge in [0.25, 0.3) is 0 Å². The molecule has 1 atom stereocenters. The van der Waals surface area contributed by atoms with Crippen LogP contribution in [-0.2, 0) is 11.3 Å². The molecule has 112 valence electrons. The number of carbonyl (C=O) groups excluding carboxylic acids is 1. The van der Waals surface area contributed by atoms with Crippen molar-refractivity contribution in [1.29, 1.82) is 0 Å². The molecule has 1 N–H and O–H groups in total. The molecule has 0 aliphatic carbocycles. The molecule has 1 aromatic carbocycles. The van der Waals surface area contributed by atoms with E-state index in [-0.39, 0.29) is 25.0 Å². The van der Waals surface area contributed by atoms with Gasteiger partial charge in [-0.2, -0.15) is 0 Å². The SMILES string of the molecule is CCC(C)NCC(=O)N(CC)Cc1ccc(F)c(F)c1. The van der Waals surface area contributed by atoms with Gasteiger partial charge in [-0.05, 0) is 38.0 Å². The monoisotopic (exact) mass is 284 g/mol. The van der Waals surface area contributed by atoms with Gasteiger partial charge in [0.2, 0.25) is 5.91 Å². The van der Waals surface area contributed by atoms with Gasteiger partial charge in [0.1, 0.15) is 0 Å². The highest BCUT2D eigenvalue weighted by Gasteiger charge is 2.13. The van der Waals surface area contributed by atoms with Gasteiger partial charge in [0.15, 0.2) is 11.6 Å². The zero-order valence-electron chi connectivity index (χ0n) is 12.2. The van der Waals surface area contributed by atoms with Crippen LogP contribution in [0.15, 0.2) is 18.2 Å². The molecule has 0 aliphatic heterocycles. The van der Waals surface area contributed by atoms with Crippen molar-refractivity contribution in [3.63, 3.8) is 0 Å². The first-order chi connectivity index (χ1) is 9.47. The number of nitrogens with one attached hydrogen (secondary N) is 1. The summed E-state index contributed by atoms with van der Waals surface area (Å²) in [4.78, 5) is 13.7. The third-order valence-corrected chi connectivity index (χ3v) is 3.31. The molecule has 1 aromatic rings. The van der Waals surface area contributed by atoms with Gasteiger partial charge < -0.3 is 10.2 Å². The molecule has 0 bridgehead atoms. The second kappa shape index (κ2) is 7.94. The van der Waals surface area contributed by atoms with Crippen LogP contribution in [0.25, 0.3) is 0 Å². The number of amides is 1. The lowest BCUT2D eigenvalue weighted by atomic mass is 10.2. The van der Waals surface area contributed by atoms with Crippen molar-refractivity contribution in [1.82, 2.24) is 10.2 Å². The molecule has 1 amide bonds. The minimum atomic E-state index is -0.885. The lowest BCUT2D eigenvalue weighted by Gasteiger charge is -2.22. The highest BCUT2D eigenvalue weighted by Crippen LogP contribution is 2.11. The number of halogens is 2. The van der Waals surface area contributed by atoms with E-state index in [1.807, 2.05) is 20.8 Å². The van der Waals surface area contributed by atoms with E-state index in [2.05, 4.69) is 5.32 Å². The van der Waals surface area contributed by atoms with E-state index in [0.29, 0.717) is 12.1 Å². The van der Waals surface area contributed by atoms with Crippen molar-refractivity contribution < 1.29 is 13.6 Å². The molecule has 0 saturated heterocycles. The van der Waals surface area contributed by atoms with E-state index in [1.54, 1.807) is 4.90 Å². The van der Waals surface area contributed by atoms with Crippen LogP contribution < -0.4 is 5.32 Å². The number of hydrogen-bond donors (Lipinski definition) is 1.